The molecule has 0 radical (unpaired) electrons. The molecule has 2 amide bonds. The molecule has 0 unspecified atom stereocenters. The zero-order valence-electron chi connectivity index (χ0n) is 17.8. The Balaban J connectivity index is 1.45. The van der Waals surface area contributed by atoms with Crippen molar-refractivity contribution < 1.29 is 9.53 Å². The average molecular weight is 426 g/mol. The molecule has 2 aromatic heterocycles. The van der Waals surface area contributed by atoms with Gasteiger partial charge in [-0.2, -0.15) is 0 Å². The van der Waals surface area contributed by atoms with Crippen LogP contribution in [-0.4, -0.2) is 53.2 Å². The fourth-order valence-corrected chi connectivity index (χ4v) is 4.35. The molecule has 1 aliphatic heterocycles. The van der Waals surface area contributed by atoms with Gasteiger partial charge in [0.2, 0.25) is 0 Å². The number of aromatic nitrogens is 2. The lowest BCUT2D eigenvalue weighted by Crippen LogP contribution is -2.50. The lowest BCUT2D eigenvalue weighted by molar-refractivity contribution is 0.207. The first kappa shape index (κ1) is 20.4. The zero-order valence-corrected chi connectivity index (χ0v) is 18.6. The van der Waals surface area contributed by atoms with E-state index in [1.54, 1.807) is 0 Å². The van der Waals surface area contributed by atoms with Gasteiger partial charge in [-0.05, 0) is 62.4 Å². The molecule has 1 aliphatic rings. The van der Waals surface area contributed by atoms with E-state index < -0.39 is 0 Å². The number of anilines is 2. The number of amides is 2. The van der Waals surface area contributed by atoms with E-state index in [-0.39, 0.29) is 12.1 Å². The van der Waals surface area contributed by atoms with Crippen LogP contribution in [0.5, 0.6) is 5.88 Å². The third kappa shape index (κ3) is 4.48. The average Bonchev–Trinajstić information content (AvgIpc) is 3.14. The van der Waals surface area contributed by atoms with Gasteiger partial charge in [0, 0.05) is 31.9 Å². The number of aryl methyl sites for hydroxylation is 2. The Kier molecular flexibility index (Phi) is 5.76. The van der Waals surface area contributed by atoms with E-state index in [2.05, 4.69) is 52.2 Å². The number of nitrogens with one attached hydrogen (secondary N) is 1. The predicted molar refractivity (Wildman–Crippen MR) is 122 cm³/mol. The van der Waals surface area contributed by atoms with Crippen LogP contribution in [0.4, 0.5) is 16.3 Å². The molecule has 1 fully saturated rings. The van der Waals surface area contributed by atoms with E-state index in [0.29, 0.717) is 24.8 Å². The lowest BCUT2D eigenvalue weighted by Gasteiger charge is -2.36. The third-order valence-electron chi connectivity index (χ3n) is 4.97. The summed E-state index contributed by atoms with van der Waals surface area (Å²) in [7, 11) is 0. The van der Waals surface area contributed by atoms with Crippen molar-refractivity contribution in [2.75, 3.05) is 36.4 Å². The number of hydrogen-bond acceptors (Lipinski definition) is 6. The fourth-order valence-electron chi connectivity index (χ4n) is 3.64. The molecule has 158 valence electrons. The van der Waals surface area contributed by atoms with E-state index in [4.69, 9.17) is 4.74 Å². The minimum Gasteiger partial charge on any atom is -0.472 e. The molecule has 0 atom stereocenters. The Hall–Kier alpha value is -2.87. The van der Waals surface area contributed by atoms with Crippen LogP contribution < -0.4 is 15.0 Å². The second-order valence-electron chi connectivity index (χ2n) is 7.91. The van der Waals surface area contributed by atoms with E-state index in [1.165, 1.54) is 28.2 Å². The van der Waals surface area contributed by atoms with E-state index in [1.807, 2.05) is 30.2 Å². The summed E-state index contributed by atoms with van der Waals surface area (Å²) in [4.78, 5) is 26.9. The topological polar surface area (TPSA) is 70.6 Å². The van der Waals surface area contributed by atoms with Gasteiger partial charge in [0.25, 0.3) is 5.88 Å². The summed E-state index contributed by atoms with van der Waals surface area (Å²) in [5.74, 6) is 0.735. The van der Waals surface area contributed by atoms with Crippen LogP contribution in [0.15, 0.2) is 29.6 Å². The molecule has 3 aromatic rings. The van der Waals surface area contributed by atoms with E-state index >= 15 is 0 Å². The molecule has 1 saturated heterocycles. The molecule has 0 spiro atoms. The Bertz CT molecular complexity index is 1040. The molecule has 7 nitrogen and oxygen atoms in total. The van der Waals surface area contributed by atoms with Gasteiger partial charge in [-0.25, -0.2) is 14.8 Å². The van der Waals surface area contributed by atoms with E-state index in [0.717, 1.165) is 23.4 Å². The standard InChI is InChI=1S/C22H27N5O2S/c1-14(2)29-20-19(24-21-18(23-20)5-10-30-21)25-22(28)27-8-6-26(7-9-27)17-12-15(3)11-16(4)13-17/h5,10-14H,6-9H2,1-4H3,(H,24,25,28). The van der Waals surface area contributed by atoms with Crippen molar-refractivity contribution in [2.24, 2.45) is 0 Å². The van der Waals surface area contributed by atoms with Crippen molar-refractivity contribution in [1.29, 1.82) is 0 Å². The molecular formula is C22H27N5O2S. The minimum atomic E-state index is -0.172. The Morgan fingerprint density at radius 3 is 2.47 bits per heavy atom. The molecule has 4 rings (SSSR count). The summed E-state index contributed by atoms with van der Waals surface area (Å²) in [6.07, 6.45) is -0.0626. The normalized spacial score (nSPS) is 14.4. The number of urea groups is 1. The van der Waals surface area contributed by atoms with Crippen molar-refractivity contribution in [1.82, 2.24) is 14.9 Å². The van der Waals surface area contributed by atoms with Gasteiger partial charge in [-0.15, -0.1) is 11.3 Å². The van der Waals surface area contributed by atoms with Crippen molar-refractivity contribution in [3.8, 4) is 5.88 Å². The van der Waals surface area contributed by atoms with Crippen LogP contribution in [0.1, 0.15) is 25.0 Å². The number of fused-ring (bicyclic) bond motifs is 1. The second kappa shape index (κ2) is 8.47. The summed E-state index contributed by atoms with van der Waals surface area (Å²) in [6, 6.07) is 8.30. The summed E-state index contributed by atoms with van der Waals surface area (Å²) in [5, 5.41) is 4.85. The predicted octanol–water partition coefficient (Wildman–Crippen LogP) is 4.45. The molecule has 3 heterocycles. The first-order valence-corrected chi connectivity index (χ1v) is 11.1. The van der Waals surface area contributed by atoms with Gasteiger partial charge >= 0.3 is 6.03 Å². The zero-order chi connectivity index (χ0) is 21.3. The van der Waals surface area contributed by atoms with Crippen LogP contribution in [-0.2, 0) is 0 Å². The maximum atomic E-state index is 12.9. The maximum Gasteiger partial charge on any atom is 0.323 e. The highest BCUT2D eigenvalue weighted by Crippen LogP contribution is 2.28. The smallest absolute Gasteiger partial charge is 0.323 e. The van der Waals surface area contributed by atoms with Gasteiger partial charge in [0.15, 0.2) is 5.82 Å². The van der Waals surface area contributed by atoms with Crippen molar-refractivity contribution in [3.05, 3.63) is 40.8 Å². The molecule has 8 heteroatoms. The number of ether oxygens (including phenoxy) is 1. The van der Waals surface area contributed by atoms with Crippen LogP contribution in [0.2, 0.25) is 0 Å². The Morgan fingerprint density at radius 1 is 1.10 bits per heavy atom. The first-order valence-electron chi connectivity index (χ1n) is 10.2. The first-order chi connectivity index (χ1) is 14.4. The van der Waals surface area contributed by atoms with Gasteiger partial charge in [0.05, 0.1) is 6.10 Å². The van der Waals surface area contributed by atoms with Crippen LogP contribution >= 0.6 is 11.3 Å². The number of hydrogen-bond donors (Lipinski definition) is 1. The lowest BCUT2D eigenvalue weighted by atomic mass is 10.1. The molecular weight excluding hydrogens is 398 g/mol. The number of carbonyl (C=O) groups is 1. The van der Waals surface area contributed by atoms with E-state index in [9.17, 15) is 4.79 Å². The van der Waals surface area contributed by atoms with Crippen molar-refractivity contribution in [3.63, 3.8) is 0 Å². The number of piperazine rings is 1. The van der Waals surface area contributed by atoms with Crippen molar-refractivity contribution >= 4 is 39.2 Å². The monoisotopic (exact) mass is 425 g/mol. The minimum absolute atomic E-state index is 0.0626. The van der Waals surface area contributed by atoms with Crippen molar-refractivity contribution in [2.45, 2.75) is 33.8 Å². The maximum absolute atomic E-state index is 12.9. The molecule has 1 aromatic carbocycles. The number of nitrogens with zero attached hydrogens (tertiary/aromatic N) is 4. The molecule has 0 bridgehead atoms. The summed E-state index contributed by atoms with van der Waals surface area (Å²) < 4.78 is 5.80. The third-order valence-corrected chi connectivity index (χ3v) is 5.77. The highest BCUT2D eigenvalue weighted by molar-refractivity contribution is 7.16. The van der Waals surface area contributed by atoms with Crippen LogP contribution in [0.25, 0.3) is 10.3 Å². The molecule has 0 saturated carbocycles. The number of rotatable bonds is 4. The number of benzene rings is 1. The molecule has 0 aliphatic carbocycles. The van der Waals surface area contributed by atoms with Crippen LogP contribution in [0.3, 0.4) is 0 Å². The van der Waals surface area contributed by atoms with Gasteiger partial charge in [0.1, 0.15) is 10.3 Å². The summed E-state index contributed by atoms with van der Waals surface area (Å²) in [6.45, 7) is 11.0. The fraction of sp³-hybridized carbons (Fsp3) is 0.409. The van der Waals surface area contributed by atoms with Gasteiger partial charge in [-0.3, -0.25) is 5.32 Å². The SMILES string of the molecule is Cc1cc(C)cc(N2CCN(C(=O)Nc3nc4sccc4nc3OC(C)C)CC2)c1. The highest BCUT2D eigenvalue weighted by atomic mass is 32.1. The highest BCUT2D eigenvalue weighted by Gasteiger charge is 2.24. The Labute approximate surface area is 180 Å². The number of carbonyl (C=O) groups excluding carboxylic acids is 1. The summed E-state index contributed by atoms with van der Waals surface area (Å²) >= 11 is 1.49. The summed E-state index contributed by atoms with van der Waals surface area (Å²) in [5.41, 5.74) is 4.50. The quantitative estimate of drug-likeness (QED) is 0.669. The largest absolute Gasteiger partial charge is 0.472 e. The number of thiophene rings is 1. The molecule has 30 heavy (non-hydrogen) atoms. The second-order valence-corrected chi connectivity index (χ2v) is 8.80. The molecule has 1 N–H and O–H groups in total. The van der Waals surface area contributed by atoms with Gasteiger partial charge in [-0.1, -0.05) is 6.07 Å². The Morgan fingerprint density at radius 2 is 1.80 bits per heavy atom. The van der Waals surface area contributed by atoms with Gasteiger partial charge < -0.3 is 14.5 Å². The van der Waals surface area contributed by atoms with Crippen LogP contribution in [0, 0.1) is 13.8 Å².